The number of carboxylic acids is 1. The van der Waals surface area contributed by atoms with Crippen molar-refractivity contribution in [2.24, 2.45) is 11.8 Å². The van der Waals surface area contributed by atoms with E-state index in [4.69, 9.17) is 5.11 Å². The van der Waals surface area contributed by atoms with Crippen LogP contribution in [-0.2, 0) is 4.79 Å². The second-order valence-electron chi connectivity index (χ2n) is 2.82. The van der Waals surface area contributed by atoms with E-state index in [1.165, 1.54) is 0 Å². The van der Waals surface area contributed by atoms with E-state index in [1.54, 1.807) is 13.0 Å². The number of hydrogen-bond donors (Lipinski definition) is 1. The highest BCUT2D eigenvalue weighted by Gasteiger charge is 2.19. The summed E-state index contributed by atoms with van der Waals surface area (Å²) in [5.41, 5.74) is 0. The van der Waals surface area contributed by atoms with Gasteiger partial charge in [-0.05, 0) is 12.3 Å². The average Bonchev–Trinajstić information content (AvgIpc) is 1.98. The normalized spacial score (nSPS) is 15.5. The fourth-order valence-corrected chi connectivity index (χ4v) is 1.09. The smallest absolute Gasteiger partial charge is 0.306 e. The maximum atomic E-state index is 10.5. The number of aliphatic carboxylic acids is 1. The Hall–Kier alpha value is -0.790. The Bertz CT molecular complexity index is 140. The van der Waals surface area contributed by atoms with Crippen LogP contribution in [0.15, 0.2) is 12.7 Å². The molecule has 0 aliphatic rings. The van der Waals surface area contributed by atoms with E-state index >= 15 is 0 Å². The van der Waals surface area contributed by atoms with E-state index in [1.807, 2.05) is 6.92 Å². The first-order valence-electron chi connectivity index (χ1n) is 3.98. The van der Waals surface area contributed by atoms with Gasteiger partial charge < -0.3 is 5.11 Å². The third kappa shape index (κ3) is 3.21. The molecule has 1 N–H and O–H groups in total. The van der Waals surface area contributed by atoms with E-state index < -0.39 is 5.97 Å². The summed E-state index contributed by atoms with van der Waals surface area (Å²) in [6.45, 7) is 7.39. The van der Waals surface area contributed by atoms with Gasteiger partial charge in [0.25, 0.3) is 0 Å². The van der Waals surface area contributed by atoms with Gasteiger partial charge in [-0.25, -0.2) is 0 Å². The molecule has 0 aromatic heterocycles. The van der Waals surface area contributed by atoms with Crippen LogP contribution in [0.2, 0.25) is 0 Å². The summed E-state index contributed by atoms with van der Waals surface area (Å²) in [5.74, 6) is -0.909. The summed E-state index contributed by atoms with van der Waals surface area (Å²) in [6.07, 6.45) is 3.66. The van der Waals surface area contributed by atoms with Crippen molar-refractivity contribution in [3.63, 3.8) is 0 Å². The molecule has 0 bridgehead atoms. The lowest BCUT2D eigenvalue weighted by atomic mass is 9.90. The van der Waals surface area contributed by atoms with Crippen LogP contribution in [0.4, 0.5) is 0 Å². The molecule has 0 rings (SSSR count). The van der Waals surface area contributed by atoms with Crippen LogP contribution in [0.25, 0.3) is 0 Å². The lowest BCUT2D eigenvalue weighted by Crippen LogP contribution is -2.18. The molecule has 2 heteroatoms. The molecule has 0 radical (unpaired) electrons. The van der Waals surface area contributed by atoms with E-state index in [2.05, 4.69) is 6.58 Å². The molecule has 0 aliphatic carbocycles. The van der Waals surface area contributed by atoms with Gasteiger partial charge in [0, 0.05) is 0 Å². The molecule has 0 aromatic rings. The van der Waals surface area contributed by atoms with Gasteiger partial charge in [0.1, 0.15) is 0 Å². The maximum absolute atomic E-state index is 10.5. The van der Waals surface area contributed by atoms with Crippen molar-refractivity contribution < 1.29 is 9.90 Å². The maximum Gasteiger partial charge on any atom is 0.306 e. The second kappa shape index (κ2) is 4.94. The van der Waals surface area contributed by atoms with Gasteiger partial charge in [0.15, 0.2) is 0 Å². The largest absolute Gasteiger partial charge is 0.481 e. The van der Waals surface area contributed by atoms with Gasteiger partial charge in [-0.1, -0.05) is 26.3 Å². The molecule has 11 heavy (non-hydrogen) atoms. The molecule has 0 fully saturated rings. The Morgan fingerprint density at radius 2 is 2.27 bits per heavy atom. The van der Waals surface area contributed by atoms with Crippen LogP contribution in [0.1, 0.15) is 26.7 Å². The average molecular weight is 156 g/mol. The molecule has 0 spiro atoms. The highest BCUT2D eigenvalue weighted by atomic mass is 16.4. The predicted molar refractivity (Wildman–Crippen MR) is 45.4 cm³/mol. The van der Waals surface area contributed by atoms with Crippen LogP contribution in [0, 0.1) is 11.8 Å². The molecule has 0 saturated carbocycles. The van der Waals surface area contributed by atoms with Crippen LogP contribution in [0.3, 0.4) is 0 Å². The summed E-state index contributed by atoms with van der Waals surface area (Å²) in [6, 6.07) is 0. The van der Waals surface area contributed by atoms with E-state index in [9.17, 15) is 4.79 Å². The Morgan fingerprint density at radius 1 is 1.73 bits per heavy atom. The summed E-state index contributed by atoms with van der Waals surface area (Å²) in [4.78, 5) is 10.5. The predicted octanol–water partition coefficient (Wildman–Crippen LogP) is 2.31. The molecular weight excluding hydrogens is 140 g/mol. The molecule has 0 aromatic carbocycles. The van der Waals surface area contributed by atoms with E-state index in [0.717, 1.165) is 12.8 Å². The number of rotatable bonds is 5. The summed E-state index contributed by atoms with van der Waals surface area (Å²) in [7, 11) is 0. The van der Waals surface area contributed by atoms with Gasteiger partial charge in [-0.3, -0.25) is 4.79 Å². The topological polar surface area (TPSA) is 37.3 Å². The van der Waals surface area contributed by atoms with Crippen molar-refractivity contribution in [1.82, 2.24) is 0 Å². The first kappa shape index (κ1) is 10.2. The Labute approximate surface area is 67.9 Å². The third-order valence-electron chi connectivity index (χ3n) is 1.96. The molecule has 0 unspecified atom stereocenters. The fourth-order valence-electron chi connectivity index (χ4n) is 1.09. The monoisotopic (exact) mass is 156 g/mol. The molecule has 0 saturated heterocycles. The van der Waals surface area contributed by atoms with Crippen molar-refractivity contribution in [3.8, 4) is 0 Å². The summed E-state index contributed by atoms with van der Waals surface area (Å²) in [5, 5.41) is 8.66. The van der Waals surface area contributed by atoms with Crippen LogP contribution < -0.4 is 0 Å². The zero-order valence-electron chi connectivity index (χ0n) is 7.21. The Morgan fingerprint density at radius 3 is 2.55 bits per heavy atom. The van der Waals surface area contributed by atoms with E-state index in [-0.39, 0.29) is 11.8 Å². The lowest BCUT2D eigenvalue weighted by Gasteiger charge is -2.15. The molecular formula is C9H16O2. The van der Waals surface area contributed by atoms with Gasteiger partial charge in [0.2, 0.25) is 0 Å². The van der Waals surface area contributed by atoms with Crippen molar-refractivity contribution in [2.75, 3.05) is 0 Å². The fraction of sp³-hybridized carbons (Fsp3) is 0.667. The van der Waals surface area contributed by atoms with Gasteiger partial charge in [-0.2, -0.15) is 0 Å². The van der Waals surface area contributed by atoms with Crippen molar-refractivity contribution in [2.45, 2.75) is 26.7 Å². The van der Waals surface area contributed by atoms with Crippen LogP contribution >= 0.6 is 0 Å². The van der Waals surface area contributed by atoms with Crippen LogP contribution in [0.5, 0.6) is 0 Å². The molecule has 0 amide bonds. The Kier molecular flexibility index (Phi) is 4.59. The molecule has 2 atom stereocenters. The molecule has 2 nitrogen and oxygen atoms in total. The van der Waals surface area contributed by atoms with Crippen molar-refractivity contribution >= 4 is 5.97 Å². The van der Waals surface area contributed by atoms with E-state index in [0.29, 0.717) is 0 Å². The van der Waals surface area contributed by atoms with Crippen LogP contribution in [-0.4, -0.2) is 11.1 Å². The number of carboxylic acid groups (broad SMARTS) is 1. The number of carbonyl (C=O) groups is 1. The zero-order chi connectivity index (χ0) is 8.85. The van der Waals surface area contributed by atoms with Crippen molar-refractivity contribution in [1.29, 1.82) is 0 Å². The lowest BCUT2D eigenvalue weighted by molar-refractivity contribution is -0.142. The first-order valence-corrected chi connectivity index (χ1v) is 3.98. The van der Waals surface area contributed by atoms with Gasteiger partial charge in [-0.15, -0.1) is 6.58 Å². The highest BCUT2D eigenvalue weighted by molar-refractivity contribution is 5.70. The number of allylic oxidation sites excluding steroid dienone is 1. The first-order chi connectivity index (χ1) is 5.13. The minimum Gasteiger partial charge on any atom is -0.481 e. The SMILES string of the molecule is C=C[C@H](CCC)[C@@H](C)C(=O)O. The molecule has 64 valence electrons. The minimum atomic E-state index is -0.733. The summed E-state index contributed by atoms with van der Waals surface area (Å²) < 4.78 is 0. The minimum absolute atomic E-state index is 0.123. The van der Waals surface area contributed by atoms with Crippen molar-refractivity contribution in [3.05, 3.63) is 12.7 Å². The number of hydrogen-bond acceptors (Lipinski definition) is 1. The molecule has 0 aliphatic heterocycles. The summed E-state index contributed by atoms with van der Waals surface area (Å²) >= 11 is 0. The molecule has 0 heterocycles. The third-order valence-corrected chi connectivity index (χ3v) is 1.96. The van der Waals surface area contributed by atoms with Gasteiger partial charge in [0.05, 0.1) is 5.92 Å². The Balaban J connectivity index is 4.01. The van der Waals surface area contributed by atoms with Gasteiger partial charge >= 0.3 is 5.97 Å². The standard InChI is InChI=1S/C9H16O2/c1-4-6-8(5-2)7(3)9(10)11/h5,7-8H,2,4,6H2,1,3H3,(H,10,11)/t7-,8-/m1/s1. The second-order valence-corrected chi connectivity index (χ2v) is 2.82. The zero-order valence-corrected chi connectivity index (χ0v) is 7.21. The quantitative estimate of drug-likeness (QED) is 0.620. The highest BCUT2D eigenvalue weighted by Crippen LogP contribution is 2.18.